The number of hydrogen-bond donors (Lipinski definition) is 1. The lowest BCUT2D eigenvalue weighted by atomic mass is 10.1. The van der Waals surface area contributed by atoms with Crippen molar-refractivity contribution in [3.05, 3.63) is 35.4 Å². The molecule has 0 aliphatic heterocycles. The molecule has 0 heterocycles. The van der Waals surface area contributed by atoms with E-state index in [0.29, 0.717) is 19.4 Å². The minimum absolute atomic E-state index is 0.103. The second-order valence-electron chi connectivity index (χ2n) is 4.63. The molecule has 1 aliphatic rings. The maximum Gasteiger partial charge on any atom is 0.240 e. The fourth-order valence-corrected chi connectivity index (χ4v) is 1.89. The first-order valence-corrected chi connectivity index (χ1v) is 5.92. The maximum absolute atomic E-state index is 11.7. The highest BCUT2D eigenvalue weighted by atomic mass is 16.2. The molecule has 1 aliphatic carbocycles. The molecule has 0 bridgehead atoms. The van der Waals surface area contributed by atoms with E-state index in [-0.39, 0.29) is 5.91 Å². The third kappa shape index (κ3) is 2.47. The molecule has 0 radical (unpaired) electrons. The van der Waals surface area contributed by atoms with Crippen molar-refractivity contribution >= 4 is 5.91 Å². The molecule has 1 aromatic carbocycles. The van der Waals surface area contributed by atoms with Gasteiger partial charge in [-0.25, -0.2) is 0 Å². The van der Waals surface area contributed by atoms with E-state index in [0.717, 1.165) is 6.42 Å². The second kappa shape index (κ2) is 4.58. The number of amides is 1. The minimum Gasteiger partial charge on any atom is -0.354 e. The molecule has 17 heavy (non-hydrogen) atoms. The molecule has 0 aromatic heterocycles. The fraction of sp³-hybridized carbons (Fsp3) is 0.429. The van der Waals surface area contributed by atoms with Crippen molar-refractivity contribution in [2.75, 3.05) is 6.54 Å². The van der Waals surface area contributed by atoms with Gasteiger partial charge in [0.25, 0.3) is 0 Å². The molecule has 1 N–H and O–H groups in total. The van der Waals surface area contributed by atoms with Crippen LogP contribution in [0, 0.1) is 23.7 Å². The van der Waals surface area contributed by atoms with Gasteiger partial charge in [-0.05, 0) is 37.3 Å². The van der Waals surface area contributed by atoms with Gasteiger partial charge in [-0.2, -0.15) is 5.26 Å². The molecule has 3 nitrogen and oxygen atoms in total. The first-order chi connectivity index (χ1) is 8.18. The molecule has 1 aromatic rings. The molecule has 0 unspecified atom stereocenters. The molecule has 1 saturated carbocycles. The largest absolute Gasteiger partial charge is 0.354 e. The van der Waals surface area contributed by atoms with Crippen LogP contribution in [-0.2, 0) is 11.2 Å². The molecule has 2 rings (SSSR count). The van der Waals surface area contributed by atoms with Crippen molar-refractivity contribution in [2.24, 2.45) is 5.41 Å². The number of nitriles is 1. The van der Waals surface area contributed by atoms with Gasteiger partial charge in [0.2, 0.25) is 5.91 Å². The SMILES string of the molecule is Cc1ccccc1CCNC(=O)C1(C#N)CC1. The normalized spacial score (nSPS) is 16.0. The lowest BCUT2D eigenvalue weighted by Crippen LogP contribution is -2.32. The van der Waals surface area contributed by atoms with Crippen LogP contribution in [0.4, 0.5) is 0 Å². The van der Waals surface area contributed by atoms with Gasteiger partial charge < -0.3 is 5.32 Å². The molecular formula is C14H16N2O. The van der Waals surface area contributed by atoms with E-state index in [1.54, 1.807) is 0 Å². The lowest BCUT2D eigenvalue weighted by molar-refractivity contribution is -0.124. The third-order valence-corrected chi connectivity index (χ3v) is 3.34. The van der Waals surface area contributed by atoms with E-state index in [9.17, 15) is 4.79 Å². The van der Waals surface area contributed by atoms with Crippen LogP contribution in [-0.4, -0.2) is 12.5 Å². The van der Waals surface area contributed by atoms with Crippen LogP contribution in [0.5, 0.6) is 0 Å². The van der Waals surface area contributed by atoms with E-state index in [1.807, 2.05) is 12.1 Å². The van der Waals surface area contributed by atoms with Crippen molar-refractivity contribution in [1.29, 1.82) is 5.26 Å². The summed E-state index contributed by atoms with van der Waals surface area (Å²) in [5.41, 5.74) is 1.78. The zero-order valence-electron chi connectivity index (χ0n) is 9.99. The van der Waals surface area contributed by atoms with Gasteiger partial charge in [0.15, 0.2) is 0 Å². The summed E-state index contributed by atoms with van der Waals surface area (Å²) in [5.74, 6) is -0.103. The number of nitrogens with one attached hydrogen (secondary N) is 1. The van der Waals surface area contributed by atoms with Crippen LogP contribution in [0.3, 0.4) is 0 Å². The van der Waals surface area contributed by atoms with Gasteiger partial charge in [0.05, 0.1) is 6.07 Å². The smallest absolute Gasteiger partial charge is 0.240 e. The number of benzene rings is 1. The second-order valence-corrected chi connectivity index (χ2v) is 4.63. The third-order valence-electron chi connectivity index (χ3n) is 3.34. The first kappa shape index (κ1) is 11.7. The summed E-state index contributed by atoms with van der Waals surface area (Å²) in [7, 11) is 0. The Kier molecular flexibility index (Phi) is 3.14. The van der Waals surface area contributed by atoms with Crippen molar-refractivity contribution in [3.63, 3.8) is 0 Å². The maximum atomic E-state index is 11.7. The van der Waals surface area contributed by atoms with E-state index < -0.39 is 5.41 Å². The summed E-state index contributed by atoms with van der Waals surface area (Å²) in [6.45, 7) is 2.67. The predicted molar refractivity (Wildman–Crippen MR) is 65.2 cm³/mol. The Balaban J connectivity index is 1.83. The summed E-state index contributed by atoms with van der Waals surface area (Å²) in [6.07, 6.45) is 2.24. The summed E-state index contributed by atoms with van der Waals surface area (Å²) in [5, 5.41) is 11.7. The molecule has 3 heteroatoms. The molecule has 0 saturated heterocycles. The zero-order chi connectivity index (χ0) is 12.3. The van der Waals surface area contributed by atoms with Gasteiger partial charge in [-0.1, -0.05) is 24.3 Å². The summed E-state index contributed by atoms with van der Waals surface area (Å²) < 4.78 is 0. The van der Waals surface area contributed by atoms with Gasteiger partial charge in [-0.15, -0.1) is 0 Å². The predicted octanol–water partition coefficient (Wildman–Crippen LogP) is 1.96. The quantitative estimate of drug-likeness (QED) is 0.856. The average Bonchev–Trinajstić information content (AvgIpc) is 3.12. The Bertz CT molecular complexity index is 469. The van der Waals surface area contributed by atoms with E-state index in [1.165, 1.54) is 11.1 Å². The van der Waals surface area contributed by atoms with Gasteiger partial charge in [0, 0.05) is 6.54 Å². The number of nitrogens with zero attached hydrogens (tertiary/aromatic N) is 1. The molecule has 1 amide bonds. The van der Waals surface area contributed by atoms with Gasteiger partial charge >= 0.3 is 0 Å². The highest BCUT2D eigenvalue weighted by molar-refractivity contribution is 5.88. The van der Waals surface area contributed by atoms with Crippen LogP contribution in [0.1, 0.15) is 24.0 Å². The van der Waals surface area contributed by atoms with Crippen molar-refractivity contribution < 1.29 is 4.79 Å². The molecule has 0 spiro atoms. The van der Waals surface area contributed by atoms with Crippen LogP contribution < -0.4 is 5.32 Å². The molecule has 88 valence electrons. The lowest BCUT2D eigenvalue weighted by Gasteiger charge is -2.09. The van der Waals surface area contributed by atoms with Crippen molar-refractivity contribution in [3.8, 4) is 6.07 Å². The van der Waals surface area contributed by atoms with Crippen LogP contribution in [0.2, 0.25) is 0 Å². The number of carbonyl (C=O) groups is 1. The van der Waals surface area contributed by atoms with E-state index in [2.05, 4.69) is 30.4 Å². The average molecular weight is 228 g/mol. The Hall–Kier alpha value is -1.82. The number of carbonyl (C=O) groups excluding carboxylic acids is 1. The van der Waals surface area contributed by atoms with Crippen LogP contribution >= 0.6 is 0 Å². The Morgan fingerprint density at radius 2 is 2.18 bits per heavy atom. The number of aryl methyl sites for hydroxylation is 1. The first-order valence-electron chi connectivity index (χ1n) is 5.92. The monoisotopic (exact) mass is 228 g/mol. The topological polar surface area (TPSA) is 52.9 Å². The number of hydrogen-bond acceptors (Lipinski definition) is 2. The Morgan fingerprint density at radius 3 is 2.76 bits per heavy atom. The molecule has 1 fully saturated rings. The molecular weight excluding hydrogens is 212 g/mol. The standard InChI is InChI=1S/C14H16N2O/c1-11-4-2-3-5-12(11)6-9-16-13(17)14(10-15)7-8-14/h2-5H,6-9H2,1H3,(H,16,17). The highest BCUT2D eigenvalue weighted by Crippen LogP contribution is 2.44. The minimum atomic E-state index is -0.703. The van der Waals surface area contributed by atoms with E-state index in [4.69, 9.17) is 5.26 Å². The summed E-state index contributed by atoms with van der Waals surface area (Å²) in [6, 6.07) is 10.2. The van der Waals surface area contributed by atoms with Gasteiger partial charge in [-0.3, -0.25) is 4.79 Å². The Morgan fingerprint density at radius 1 is 1.47 bits per heavy atom. The van der Waals surface area contributed by atoms with Crippen LogP contribution in [0.25, 0.3) is 0 Å². The van der Waals surface area contributed by atoms with Crippen molar-refractivity contribution in [1.82, 2.24) is 5.32 Å². The number of rotatable bonds is 4. The van der Waals surface area contributed by atoms with E-state index >= 15 is 0 Å². The fourth-order valence-electron chi connectivity index (χ4n) is 1.89. The Labute approximate surface area is 101 Å². The van der Waals surface area contributed by atoms with Crippen LogP contribution in [0.15, 0.2) is 24.3 Å². The molecule has 0 atom stereocenters. The van der Waals surface area contributed by atoms with Gasteiger partial charge in [0.1, 0.15) is 5.41 Å². The highest BCUT2D eigenvalue weighted by Gasteiger charge is 2.50. The summed E-state index contributed by atoms with van der Waals surface area (Å²) >= 11 is 0. The summed E-state index contributed by atoms with van der Waals surface area (Å²) in [4.78, 5) is 11.7. The van der Waals surface area contributed by atoms with Crippen molar-refractivity contribution in [2.45, 2.75) is 26.2 Å². The zero-order valence-corrected chi connectivity index (χ0v) is 9.99.